The first-order chi connectivity index (χ1) is 15.5. The molecule has 0 atom stereocenters. The number of azo groups is 1. The van der Waals surface area contributed by atoms with Gasteiger partial charge in [0.15, 0.2) is 0 Å². The average molecular weight is 447 g/mol. The Hall–Kier alpha value is -3.78. The van der Waals surface area contributed by atoms with Crippen molar-refractivity contribution in [2.45, 2.75) is 6.42 Å². The molecule has 1 aliphatic heterocycles. The molecule has 0 bridgehead atoms. The van der Waals surface area contributed by atoms with Crippen molar-refractivity contribution >= 4 is 44.8 Å². The lowest BCUT2D eigenvalue weighted by molar-refractivity contribution is -0.111. The van der Waals surface area contributed by atoms with Gasteiger partial charge in [-0.3, -0.25) is 9.10 Å². The Kier molecular flexibility index (Phi) is 6.42. The Balaban J connectivity index is 1.33. The van der Waals surface area contributed by atoms with E-state index in [1.165, 1.54) is 10.4 Å². The second-order valence-corrected chi connectivity index (χ2v) is 9.25. The standard InChI is InChI=1S/C24H22N4O3S/c29-24(16-9-19-7-14-23(15-8-19)28-17-4-18-32(28,30)31)25-20-10-12-22(13-11-20)27-26-21-5-2-1-3-6-21/h1-3,5-16H,4,17-18H2,(H,25,29)/b16-9+,27-26?. The normalized spacial score (nSPS) is 15.4. The number of amides is 1. The van der Waals surface area contributed by atoms with E-state index in [0.717, 1.165) is 11.3 Å². The molecule has 0 radical (unpaired) electrons. The Morgan fingerprint density at radius 1 is 0.875 bits per heavy atom. The number of benzene rings is 3. The molecule has 3 aromatic rings. The minimum absolute atomic E-state index is 0.186. The van der Waals surface area contributed by atoms with Gasteiger partial charge in [-0.1, -0.05) is 30.3 Å². The number of sulfonamides is 1. The van der Waals surface area contributed by atoms with Gasteiger partial charge in [0.25, 0.3) is 0 Å². The van der Waals surface area contributed by atoms with Gasteiger partial charge in [0.05, 0.1) is 22.8 Å². The summed E-state index contributed by atoms with van der Waals surface area (Å²) in [5.74, 6) is -0.0824. The second-order valence-electron chi connectivity index (χ2n) is 7.24. The van der Waals surface area contributed by atoms with E-state index in [1.54, 1.807) is 54.6 Å². The summed E-state index contributed by atoms with van der Waals surface area (Å²) in [6, 6.07) is 23.6. The molecule has 1 heterocycles. The number of nitrogens with zero attached hydrogens (tertiary/aromatic N) is 3. The Labute approximate surface area is 187 Å². The Bertz CT molecular complexity index is 1240. The van der Waals surface area contributed by atoms with Crippen molar-refractivity contribution in [1.82, 2.24) is 0 Å². The number of hydrogen-bond acceptors (Lipinski definition) is 5. The van der Waals surface area contributed by atoms with E-state index in [4.69, 9.17) is 0 Å². The smallest absolute Gasteiger partial charge is 0.248 e. The molecule has 1 fully saturated rings. The van der Waals surface area contributed by atoms with Crippen molar-refractivity contribution in [2.24, 2.45) is 10.2 Å². The van der Waals surface area contributed by atoms with Gasteiger partial charge in [-0.25, -0.2) is 8.42 Å². The third-order valence-electron chi connectivity index (χ3n) is 4.88. The van der Waals surface area contributed by atoms with Crippen LogP contribution in [0.5, 0.6) is 0 Å². The summed E-state index contributed by atoms with van der Waals surface area (Å²) >= 11 is 0. The molecule has 0 spiro atoms. The number of carbonyl (C=O) groups excluding carboxylic acids is 1. The third-order valence-corrected chi connectivity index (χ3v) is 6.75. The van der Waals surface area contributed by atoms with Crippen molar-refractivity contribution in [3.05, 3.63) is 90.5 Å². The zero-order valence-corrected chi connectivity index (χ0v) is 18.1. The maximum absolute atomic E-state index is 12.2. The number of anilines is 2. The van der Waals surface area contributed by atoms with Gasteiger partial charge < -0.3 is 5.32 Å². The van der Waals surface area contributed by atoms with Crippen LogP contribution in [-0.2, 0) is 14.8 Å². The fourth-order valence-corrected chi connectivity index (χ4v) is 4.82. The third kappa shape index (κ3) is 5.47. The van der Waals surface area contributed by atoms with E-state index in [2.05, 4.69) is 15.5 Å². The summed E-state index contributed by atoms with van der Waals surface area (Å²) < 4.78 is 25.4. The van der Waals surface area contributed by atoms with Crippen LogP contribution >= 0.6 is 0 Å². The fraction of sp³-hybridized carbons (Fsp3) is 0.125. The second kappa shape index (κ2) is 9.57. The predicted molar refractivity (Wildman–Crippen MR) is 127 cm³/mol. The molecule has 1 amide bonds. The lowest BCUT2D eigenvalue weighted by Gasteiger charge is -2.16. The molecule has 8 heteroatoms. The van der Waals surface area contributed by atoms with Gasteiger partial charge in [-0.15, -0.1) is 0 Å². The molecule has 0 saturated carbocycles. The first kappa shape index (κ1) is 21.5. The number of nitrogens with one attached hydrogen (secondary N) is 1. The minimum Gasteiger partial charge on any atom is -0.323 e. The lowest BCUT2D eigenvalue weighted by atomic mass is 10.2. The number of rotatable bonds is 6. The lowest BCUT2D eigenvalue weighted by Crippen LogP contribution is -2.24. The molecule has 0 aromatic heterocycles. The van der Waals surface area contributed by atoms with Gasteiger partial charge in [0.1, 0.15) is 0 Å². The van der Waals surface area contributed by atoms with Gasteiger partial charge in [-0.05, 0) is 66.6 Å². The maximum Gasteiger partial charge on any atom is 0.248 e. The van der Waals surface area contributed by atoms with Crippen LogP contribution < -0.4 is 9.62 Å². The van der Waals surface area contributed by atoms with Gasteiger partial charge in [-0.2, -0.15) is 10.2 Å². The largest absolute Gasteiger partial charge is 0.323 e. The van der Waals surface area contributed by atoms with Crippen LogP contribution in [-0.4, -0.2) is 26.6 Å². The molecule has 4 rings (SSSR count). The quantitative estimate of drug-likeness (QED) is 0.412. The Morgan fingerprint density at radius 2 is 1.53 bits per heavy atom. The molecule has 1 N–H and O–H groups in total. The highest BCUT2D eigenvalue weighted by Gasteiger charge is 2.28. The van der Waals surface area contributed by atoms with Crippen LogP contribution in [0.4, 0.5) is 22.7 Å². The zero-order valence-electron chi connectivity index (χ0n) is 17.3. The van der Waals surface area contributed by atoms with Gasteiger partial charge in [0.2, 0.25) is 15.9 Å². The zero-order chi connectivity index (χ0) is 22.4. The van der Waals surface area contributed by atoms with E-state index in [-0.39, 0.29) is 11.7 Å². The van der Waals surface area contributed by atoms with Crippen LogP contribution in [0.3, 0.4) is 0 Å². The van der Waals surface area contributed by atoms with E-state index in [9.17, 15) is 13.2 Å². The summed E-state index contributed by atoms with van der Waals surface area (Å²) in [6.45, 7) is 0.506. The summed E-state index contributed by atoms with van der Waals surface area (Å²) in [4.78, 5) is 12.2. The average Bonchev–Trinajstić information content (AvgIpc) is 3.17. The van der Waals surface area contributed by atoms with Gasteiger partial charge >= 0.3 is 0 Å². The summed E-state index contributed by atoms with van der Waals surface area (Å²) in [5, 5.41) is 11.1. The van der Waals surface area contributed by atoms with Crippen molar-refractivity contribution in [2.75, 3.05) is 21.9 Å². The van der Waals surface area contributed by atoms with E-state index >= 15 is 0 Å². The first-order valence-electron chi connectivity index (χ1n) is 10.2. The van der Waals surface area contributed by atoms with Crippen molar-refractivity contribution in [3.8, 4) is 0 Å². The minimum atomic E-state index is -3.20. The summed E-state index contributed by atoms with van der Waals surface area (Å²) in [5.41, 5.74) is 3.55. The first-order valence-corrected chi connectivity index (χ1v) is 11.8. The monoisotopic (exact) mass is 446 g/mol. The van der Waals surface area contributed by atoms with E-state index in [0.29, 0.717) is 30.0 Å². The van der Waals surface area contributed by atoms with Crippen LogP contribution in [0.15, 0.2) is 95.2 Å². The van der Waals surface area contributed by atoms with Crippen LogP contribution in [0.1, 0.15) is 12.0 Å². The summed E-state index contributed by atoms with van der Waals surface area (Å²) in [6.07, 6.45) is 3.76. The Morgan fingerprint density at radius 3 is 2.16 bits per heavy atom. The molecule has 1 aliphatic rings. The maximum atomic E-state index is 12.2. The van der Waals surface area contributed by atoms with Crippen molar-refractivity contribution in [1.29, 1.82) is 0 Å². The molecule has 7 nitrogen and oxygen atoms in total. The van der Waals surface area contributed by atoms with Crippen LogP contribution in [0.25, 0.3) is 6.08 Å². The van der Waals surface area contributed by atoms with Crippen LogP contribution in [0, 0.1) is 0 Å². The van der Waals surface area contributed by atoms with E-state index in [1.807, 2.05) is 30.3 Å². The summed E-state index contributed by atoms with van der Waals surface area (Å²) in [7, 11) is -3.20. The highest BCUT2D eigenvalue weighted by molar-refractivity contribution is 7.93. The molecule has 0 aliphatic carbocycles. The predicted octanol–water partition coefficient (Wildman–Crippen LogP) is 5.29. The molecular weight excluding hydrogens is 424 g/mol. The van der Waals surface area contributed by atoms with E-state index < -0.39 is 10.0 Å². The molecule has 162 valence electrons. The molecule has 1 saturated heterocycles. The number of hydrogen-bond donors (Lipinski definition) is 1. The molecule has 0 unspecified atom stereocenters. The molecular formula is C24H22N4O3S. The fourth-order valence-electron chi connectivity index (χ4n) is 3.26. The topological polar surface area (TPSA) is 91.2 Å². The molecule has 3 aromatic carbocycles. The van der Waals surface area contributed by atoms with Gasteiger partial charge in [0, 0.05) is 18.3 Å². The van der Waals surface area contributed by atoms with Crippen LogP contribution in [0.2, 0.25) is 0 Å². The highest BCUT2D eigenvalue weighted by atomic mass is 32.2. The molecule has 32 heavy (non-hydrogen) atoms. The number of carbonyl (C=O) groups is 1. The SMILES string of the molecule is O=C(/C=C/c1ccc(N2CCCS2(=O)=O)cc1)Nc1ccc(N=Nc2ccccc2)cc1. The highest BCUT2D eigenvalue weighted by Crippen LogP contribution is 2.24. The van der Waals surface area contributed by atoms with Crippen molar-refractivity contribution < 1.29 is 13.2 Å². The van der Waals surface area contributed by atoms with Crippen molar-refractivity contribution in [3.63, 3.8) is 0 Å².